The molecule has 1 amide bonds. The van der Waals surface area contributed by atoms with Crippen LogP contribution in [0.15, 0.2) is 0 Å². The third kappa shape index (κ3) is 4.27. The maximum absolute atomic E-state index is 11.9. The van der Waals surface area contributed by atoms with E-state index in [2.05, 4.69) is 5.32 Å². The van der Waals surface area contributed by atoms with Crippen molar-refractivity contribution in [2.45, 2.75) is 44.9 Å². The Labute approximate surface area is 104 Å². The number of carbonyl (C=O) groups excluding carboxylic acids is 1. The summed E-state index contributed by atoms with van der Waals surface area (Å²) >= 11 is 0. The van der Waals surface area contributed by atoms with Gasteiger partial charge < -0.3 is 10.4 Å². The van der Waals surface area contributed by atoms with Crippen LogP contribution in [0.2, 0.25) is 0 Å². The van der Waals surface area contributed by atoms with E-state index in [0.29, 0.717) is 6.42 Å². The molecule has 0 rings (SSSR count). The van der Waals surface area contributed by atoms with Crippen molar-refractivity contribution < 1.29 is 18.3 Å². The second kappa shape index (κ2) is 5.82. The summed E-state index contributed by atoms with van der Waals surface area (Å²) in [5, 5.41) is 11.6. The van der Waals surface area contributed by atoms with Crippen molar-refractivity contribution in [2.24, 2.45) is 5.92 Å². The first-order valence-corrected chi connectivity index (χ1v) is 7.54. The second-order valence-electron chi connectivity index (χ2n) is 5.12. The maximum Gasteiger partial charge on any atom is 0.241 e. The lowest BCUT2D eigenvalue weighted by Crippen LogP contribution is -2.52. The molecule has 6 heteroatoms. The molecular formula is C11H23NO4S. The Morgan fingerprint density at radius 3 is 2.12 bits per heavy atom. The van der Waals surface area contributed by atoms with E-state index in [1.807, 2.05) is 13.8 Å². The molecule has 0 bridgehead atoms. The summed E-state index contributed by atoms with van der Waals surface area (Å²) in [6, 6.07) is -0.214. The fourth-order valence-electron chi connectivity index (χ4n) is 1.22. The molecule has 0 radical (unpaired) electrons. The molecule has 17 heavy (non-hydrogen) atoms. The highest BCUT2D eigenvalue weighted by Crippen LogP contribution is 2.17. The van der Waals surface area contributed by atoms with Crippen molar-refractivity contribution in [1.29, 1.82) is 0 Å². The van der Waals surface area contributed by atoms with E-state index in [1.165, 1.54) is 13.8 Å². The molecule has 0 heterocycles. The molecule has 0 saturated heterocycles. The van der Waals surface area contributed by atoms with Crippen LogP contribution in [0.25, 0.3) is 0 Å². The van der Waals surface area contributed by atoms with Gasteiger partial charge in [-0.15, -0.1) is 0 Å². The Balaban J connectivity index is 4.84. The zero-order valence-electron chi connectivity index (χ0n) is 11.1. The molecule has 2 N–H and O–H groups in total. The van der Waals surface area contributed by atoms with Crippen LogP contribution in [0.1, 0.15) is 34.1 Å². The summed E-state index contributed by atoms with van der Waals surface area (Å²) in [5.41, 5.74) is 0. The number of amides is 1. The van der Waals surface area contributed by atoms with E-state index in [0.717, 1.165) is 6.26 Å². The van der Waals surface area contributed by atoms with Crippen molar-refractivity contribution in [2.75, 3.05) is 12.9 Å². The Bertz CT molecular complexity index is 360. The Kier molecular flexibility index (Phi) is 5.61. The van der Waals surface area contributed by atoms with Gasteiger partial charge in [-0.05, 0) is 26.2 Å². The summed E-state index contributed by atoms with van der Waals surface area (Å²) in [7, 11) is -3.46. The summed E-state index contributed by atoms with van der Waals surface area (Å²) < 4.78 is 21.5. The van der Waals surface area contributed by atoms with Gasteiger partial charge in [-0.3, -0.25) is 4.79 Å². The lowest BCUT2D eigenvalue weighted by molar-refractivity contribution is -0.124. The molecule has 0 aromatic rings. The van der Waals surface area contributed by atoms with E-state index < -0.39 is 20.5 Å². The molecule has 1 unspecified atom stereocenters. The number of nitrogens with one attached hydrogen (secondary N) is 1. The van der Waals surface area contributed by atoms with Crippen molar-refractivity contribution in [3.8, 4) is 0 Å². The van der Waals surface area contributed by atoms with E-state index in [-0.39, 0.29) is 18.6 Å². The monoisotopic (exact) mass is 265 g/mol. The standard InChI is InChI=1S/C11H23NO4S/c1-8(2)9(6-7-13)12-10(14)11(3,4)17(5,15)16/h8-9,13H,6-7H2,1-5H3,(H,12,14). The van der Waals surface area contributed by atoms with E-state index in [4.69, 9.17) is 5.11 Å². The number of carbonyl (C=O) groups is 1. The van der Waals surface area contributed by atoms with Gasteiger partial charge in [-0.2, -0.15) is 0 Å². The minimum absolute atomic E-state index is 0.0393. The highest BCUT2D eigenvalue weighted by molar-refractivity contribution is 7.92. The molecule has 0 fully saturated rings. The molecule has 5 nitrogen and oxygen atoms in total. The Morgan fingerprint density at radius 1 is 1.35 bits per heavy atom. The molecular weight excluding hydrogens is 242 g/mol. The lowest BCUT2D eigenvalue weighted by Gasteiger charge is -2.27. The van der Waals surface area contributed by atoms with Gasteiger partial charge in [0.15, 0.2) is 9.84 Å². The number of aliphatic hydroxyl groups excluding tert-OH is 1. The topological polar surface area (TPSA) is 83.5 Å². The van der Waals surface area contributed by atoms with Crippen LogP contribution in [0.3, 0.4) is 0 Å². The van der Waals surface area contributed by atoms with E-state index >= 15 is 0 Å². The predicted octanol–water partition coefficient (Wildman–Crippen LogP) is 0.333. The fraction of sp³-hybridized carbons (Fsp3) is 0.909. The van der Waals surface area contributed by atoms with Gasteiger partial charge >= 0.3 is 0 Å². The van der Waals surface area contributed by atoms with Crippen molar-refractivity contribution >= 4 is 15.7 Å². The lowest BCUT2D eigenvalue weighted by atomic mass is 10.0. The number of rotatable bonds is 6. The van der Waals surface area contributed by atoms with Crippen LogP contribution in [0.5, 0.6) is 0 Å². The van der Waals surface area contributed by atoms with Gasteiger partial charge in [0, 0.05) is 18.9 Å². The minimum Gasteiger partial charge on any atom is -0.396 e. The highest BCUT2D eigenvalue weighted by Gasteiger charge is 2.39. The zero-order chi connectivity index (χ0) is 13.9. The first kappa shape index (κ1) is 16.4. The van der Waals surface area contributed by atoms with Crippen molar-refractivity contribution in [3.05, 3.63) is 0 Å². The van der Waals surface area contributed by atoms with Crippen LogP contribution < -0.4 is 5.32 Å². The van der Waals surface area contributed by atoms with Gasteiger partial charge in [0.2, 0.25) is 5.91 Å². The van der Waals surface area contributed by atoms with E-state index in [9.17, 15) is 13.2 Å². The van der Waals surface area contributed by atoms with Gasteiger partial charge in [-0.25, -0.2) is 8.42 Å². The third-order valence-corrected chi connectivity index (χ3v) is 5.07. The average molecular weight is 265 g/mol. The molecule has 1 atom stereocenters. The molecule has 0 aromatic heterocycles. The molecule has 0 aliphatic heterocycles. The summed E-state index contributed by atoms with van der Waals surface area (Å²) in [5.74, 6) is -0.381. The first-order chi connectivity index (χ1) is 7.54. The molecule has 0 spiro atoms. The minimum atomic E-state index is -3.46. The first-order valence-electron chi connectivity index (χ1n) is 5.65. The van der Waals surface area contributed by atoms with Crippen molar-refractivity contribution in [3.63, 3.8) is 0 Å². The summed E-state index contributed by atoms with van der Waals surface area (Å²) in [4.78, 5) is 11.9. The van der Waals surface area contributed by atoms with Gasteiger partial charge in [0.1, 0.15) is 4.75 Å². The van der Waals surface area contributed by atoms with Crippen LogP contribution in [0.4, 0.5) is 0 Å². The summed E-state index contributed by atoms with van der Waals surface area (Å²) in [6.45, 7) is 6.55. The molecule has 0 aliphatic rings. The molecule has 0 aliphatic carbocycles. The van der Waals surface area contributed by atoms with Crippen LogP contribution in [-0.4, -0.2) is 43.1 Å². The molecule has 102 valence electrons. The second-order valence-corrected chi connectivity index (χ2v) is 7.68. The molecule has 0 saturated carbocycles. The smallest absolute Gasteiger partial charge is 0.241 e. The average Bonchev–Trinajstić information content (AvgIpc) is 2.14. The third-order valence-electron chi connectivity index (χ3n) is 3.04. The SMILES string of the molecule is CC(C)C(CCO)NC(=O)C(C)(C)S(C)(=O)=O. The largest absolute Gasteiger partial charge is 0.396 e. The van der Waals surface area contributed by atoms with Gasteiger partial charge in [0.25, 0.3) is 0 Å². The highest BCUT2D eigenvalue weighted by atomic mass is 32.2. The van der Waals surface area contributed by atoms with Crippen LogP contribution in [0, 0.1) is 5.92 Å². The maximum atomic E-state index is 11.9. The number of hydrogen-bond acceptors (Lipinski definition) is 4. The fourth-order valence-corrected chi connectivity index (χ4v) is 1.62. The van der Waals surface area contributed by atoms with Crippen LogP contribution in [-0.2, 0) is 14.6 Å². The van der Waals surface area contributed by atoms with E-state index in [1.54, 1.807) is 0 Å². The quantitative estimate of drug-likeness (QED) is 0.725. The molecule has 0 aromatic carbocycles. The van der Waals surface area contributed by atoms with Crippen LogP contribution >= 0.6 is 0 Å². The summed E-state index contributed by atoms with van der Waals surface area (Å²) in [6.07, 6.45) is 1.46. The number of aliphatic hydroxyl groups is 1. The number of hydrogen-bond donors (Lipinski definition) is 2. The zero-order valence-corrected chi connectivity index (χ0v) is 12.0. The number of sulfone groups is 1. The van der Waals surface area contributed by atoms with Gasteiger partial charge in [-0.1, -0.05) is 13.8 Å². The Hall–Kier alpha value is -0.620. The predicted molar refractivity (Wildman–Crippen MR) is 67.4 cm³/mol. The van der Waals surface area contributed by atoms with Crippen molar-refractivity contribution in [1.82, 2.24) is 5.32 Å². The Morgan fingerprint density at radius 2 is 1.82 bits per heavy atom. The van der Waals surface area contributed by atoms with Gasteiger partial charge in [0.05, 0.1) is 0 Å². The normalized spacial score (nSPS) is 14.8.